The van der Waals surface area contributed by atoms with E-state index in [1.165, 1.54) is 5.56 Å². The summed E-state index contributed by atoms with van der Waals surface area (Å²) in [4.78, 5) is 14.4. The predicted octanol–water partition coefficient (Wildman–Crippen LogP) is 2.14. The average Bonchev–Trinajstić information content (AvgIpc) is 2.91. The van der Waals surface area contributed by atoms with Crippen molar-refractivity contribution in [1.82, 2.24) is 5.32 Å². The fraction of sp³-hybridized carbons (Fsp3) is 0.500. The molecule has 1 N–H and O–H groups in total. The summed E-state index contributed by atoms with van der Waals surface area (Å²) in [6.45, 7) is 1.85. The van der Waals surface area contributed by atoms with Crippen molar-refractivity contribution >= 4 is 24.0 Å². The predicted molar refractivity (Wildman–Crippen MR) is 75.4 cm³/mol. The minimum Gasteiger partial charge on any atom is -0.311 e. The maximum Gasteiger partial charge on any atom is 0.244 e. The molecule has 0 aliphatic carbocycles. The lowest BCUT2D eigenvalue weighted by Gasteiger charge is -2.31. The Hall–Kier alpha value is -1.06. The Balaban J connectivity index is 0.00000120. The molecule has 3 rings (SSSR count). The van der Waals surface area contributed by atoms with Crippen molar-refractivity contribution < 1.29 is 4.79 Å². The number of nitrogens with one attached hydrogen (secondary N) is 1. The third kappa shape index (κ3) is 2.38. The second kappa shape index (κ2) is 5.72. The molecule has 18 heavy (non-hydrogen) atoms. The van der Waals surface area contributed by atoms with Gasteiger partial charge in [0.05, 0.1) is 6.04 Å². The number of amides is 1. The molecule has 0 radical (unpaired) electrons. The average molecular weight is 267 g/mol. The van der Waals surface area contributed by atoms with Gasteiger partial charge >= 0.3 is 0 Å². The molecule has 0 saturated carbocycles. The molecule has 2 heterocycles. The highest BCUT2D eigenvalue weighted by molar-refractivity contribution is 5.98. The Morgan fingerprint density at radius 3 is 2.89 bits per heavy atom. The third-order valence-corrected chi connectivity index (χ3v) is 3.73. The lowest BCUT2D eigenvalue weighted by Crippen LogP contribution is -2.45. The van der Waals surface area contributed by atoms with Crippen LogP contribution in [0.25, 0.3) is 0 Å². The molecule has 1 fully saturated rings. The second-order valence-electron chi connectivity index (χ2n) is 4.87. The van der Waals surface area contributed by atoms with Crippen LogP contribution < -0.4 is 10.2 Å². The van der Waals surface area contributed by atoms with Gasteiger partial charge in [-0.1, -0.05) is 18.2 Å². The highest BCUT2D eigenvalue weighted by Gasteiger charge is 2.29. The molecular formula is C14H19ClN2O. The highest BCUT2D eigenvalue weighted by Crippen LogP contribution is 2.27. The number of aryl methyl sites for hydroxylation is 1. The molecule has 4 heteroatoms. The smallest absolute Gasteiger partial charge is 0.244 e. The van der Waals surface area contributed by atoms with Gasteiger partial charge in [0, 0.05) is 12.2 Å². The normalized spacial score (nSPS) is 22.2. The number of rotatable bonds is 1. The minimum absolute atomic E-state index is 0. The van der Waals surface area contributed by atoms with Crippen LogP contribution in [-0.4, -0.2) is 25.0 Å². The van der Waals surface area contributed by atoms with E-state index in [4.69, 9.17) is 0 Å². The summed E-state index contributed by atoms with van der Waals surface area (Å²) in [7, 11) is 0. The number of carbonyl (C=O) groups is 1. The summed E-state index contributed by atoms with van der Waals surface area (Å²) in [6.07, 6.45) is 4.27. The van der Waals surface area contributed by atoms with Crippen LogP contribution in [0.15, 0.2) is 24.3 Å². The van der Waals surface area contributed by atoms with Gasteiger partial charge in [0.2, 0.25) is 5.91 Å². The van der Waals surface area contributed by atoms with E-state index in [0.29, 0.717) is 0 Å². The molecule has 1 amide bonds. The third-order valence-electron chi connectivity index (χ3n) is 3.73. The number of nitrogens with zero attached hydrogens (tertiary/aromatic N) is 1. The number of benzene rings is 1. The van der Waals surface area contributed by atoms with Gasteiger partial charge in [0.25, 0.3) is 0 Å². The van der Waals surface area contributed by atoms with Crippen LogP contribution in [0.5, 0.6) is 0 Å². The maximum absolute atomic E-state index is 12.4. The first-order valence-corrected chi connectivity index (χ1v) is 6.49. The number of hydrogen-bond acceptors (Lipinski definition) is 2. The zero-order valence-corrected chi connectivity index (χ0v) is 11.2. The topological polar surface area (TPSA) is 32.3 Å². The summed E-state index contributed by atoms with van der Waals surface area (Å²) in [5, 5.41) is 3.29. The number of halogens is 1. The van der Waals surface area contributed by atoms with E-state index >= 15 is 0 Å². The van der Waals surface area contributed by atoms with Crippen molar-refractivity contribution in [2.24, 2.45) is 0 Å². The second-order valence-corrected chi connectivity index (χ2v) is 4.87. The molecule has 0 bridgehead atoms. The van der Waals surface area contributed by atoms with E-state index in [0.717, 1.165) is 44.5 Å². The Morgan fingerprint density at radius 1 is 1.28 bits per heavy atom. The quantitative estimate of drug-likeness (QED) is 0.845. The molecule has 1 unspecified atom stereocenters. The lowest BCUT2D eigenvalue weighted by molar-refractivity contribution is -0.120. The van der Waals surface area contributed by atoms with Gasteiger partial charge in [0.15, 0.2) is 0 Å². The van der Waals surface area contributed by atoms with Crippen LogP contribution in [0.3, 0.4) is 0 Å². The van der Waals surface area contributed by atoms with Gasteiger partial charge in [-0.05, 0) is 43.9 Å². The molecule has 1 saturated heterocycles. The van der Waals surface area contributed by atoms with Gasteiger partial charge in [0.1, 0.15) is 0 Å². The zero-order valence-electron chi connectivity index (χ0n) is 10.4. The van der Waals surface area contributed by atoms with Crippen molar-refractivity contribution in [3.05, 3.63) is 29.8 Å². The number of fused-ring (bicyclic) bond motifs is 1. The van der Waals surface area contributed by atoms with E-state index in [2.05, 4.69) is 23.5 Å². The number of para-hydroxylation sites is 1. The fourth-order valence-electron chi connectivity index (χ4n) is 2.85. The Kier molecular flexibility index (Phi) is 4.25. The molecule has 3 nitrogen and oxygen atoms in total. The maximum atomic E-state index is 12.4. The van der Waals surface area contributed by atoms with Crippen molar-refractivity contribution in [3.8, 4) is 0 Å². The molecule has 0 aromatic heterocycles. The summed E-state index contributed by atoms with van der Waals surface area (Å²) in [5.74, 6) is 0.259. The van der Waals surface area contributed by atoms with Crippen LogP contribution >= 0.6 is 12.4 Å². The summed E-state index contributed by atoms with van der Waals surface area (Å²) in [6, 6.07) is 8.33. The van der Waals surface area contributed by atoms with Crippen LogP contribution in [0, 0.1) is 0 Å². The van der Waals surface area contributed by atoms with Gasteiger partial charge in [-0.3, -0.25) is 4.79 Å². The minimum atomic E-state index is 0. The molecule has 2 aliphatic rings. The first kappa shape index (κ1) is 13.4. The monoisotopic (exact) mass is 266 g/mol. The van der Waals surface area contributed by atoms with Crippen LogP contribution in [0.2, 0.25) is 0 Å². The van der Waals surface area contributed by atoms with Gasteiger partial charge in [-0.15, -0.1) is 12.4 Å². The molecule has 1 aromatic carbocycles. The Morgan fingerprint density at radius 2 is 2.11 bits per heavy atom. The van der Waals surface area contributed by atoms with E-state index in [1.54, 1.807) is 0 Å². The largest absolute Gasteiger partial charge is 0.311 e. The summed E-state index contributed by atoms with van der Waals surface area (Å²) >= 11 is 0. The van der Waals surface area contributed by atoms with E-state index < -0.39 is 0 Å². The van der Waals surface area contributed by atoms with Crippen molar-refractivity contribution in [2.75, 3.05) is 18.0 Å². The van der Waals surface area contributed by atoms with E-state index in [1.807, 2.05) is 11.0 Å². The standard InChI is InChI=1S/C14H18N2O.ClH/c17-14(12-7-3-9-15-12)16-10-4-6-11-5-1-2-8-13(11)16;/h1-2,5,8,12,15H,3-4,6-7,9-10H2;1H. The first-order valence-electron chi connectivity index (χ1n) is 6.49. The Labute approximate surface area is 114 Å². The van der Waals surface area contributed by atoms with Crippen LogP contribution in [0.4, 0.5) is 5.69 Å². The lowest BCUT2D eigenvalue weighted by atomic mass is 10.0. The van der Waals surface area contributed by atoms with Gasteiger partial charge in [-0.25, -0.2) is 0 Å². The van der Waals surface area contributed by atoms with Gasteiger partial charge in [-0.2, -0.15) is 0 Å². The number of hydrogen-bond donors (Lipinski definition) is 1. The van der Waals surface area contributed by atoms with Crippen molar-refractivity contribution in [1.29, 1.82) is 0 Å². The van der Waals surface area contributed by atoms with Crippen LogP contribution in [0.1, 0.15) is 24.8 Å². The van der Waals surface area contributed by atoms with Crippen molar-refractivity contribution in [3.63, 3.8) is 0 Å². The molecule has 2 aliphatic heterocycles. The summed E-state index contributed by atoms with van der Waals surface area (Å²) < 4.78 is 0. The highest BCUT2D eigenvalue weighted by atomic mass is 35.5. The van der Waals surface area contributed by atoms with Crippen molar-refractivity contribution in [2.45, 2.75) is 31.7 Å². The first-order chi connectivity index (χ1) is 8.36. The fourth-order valence-corrected chi connectivity index (χ4v) is 2.85. The number of carbonyl (C=O) groups excluding carboxylic acids is 1. The molecule has 1 atom stereocenters. The van der Waals surface area contributed by atoms with E-state index in [9.17, 15) is 4.79 Å². The molecule has 0 spiro atoms. The Bertz CT molecular complexity index is 430. The molecular weight excluding hydrogens is 248 g/mol. The zero-order chi connectivity index (χ0) is 11.7. The van der Waals surface area contributed by atoms with Crippen LogP contribution in [-0.2, 0) is 11.2 Å². The summed E-state index contributed by atoms with van der Waals surface area (Å²) in [5.41, 5.74) is 2.43. The molecule has 98 valence electrons. The molecule has 1 aromatic rings. The SMILES string of the molecule is Cl.O=C(C1CCCN1)N1CCCc2ccccc21. The van der Waals surface area contributed by atoms with Gasteiger partial charge < -0.3 is 10.2 Å². The van der Waals surface area contributed by atoms with E-state index in [-0.39, 0.29) is 24.4 Å². The number of anilines is 1.